The molecule has 1 atom stereocenters. The van der Waals surface area contributed by atoms with Crippen molar-refractivity contribution in [1.29, 1.82) is 0 Å². The fourth-order valence-corrected chi connectivity index (χ4v) is 4.69. The van der Waals surface area contributed by atoms with Gasteiger partial charge in [0.2, 0.25) is 5.91 Å². The number of fused-ring (bicyclic) bond motifs is 1. The lowest BCUT2D eigenvalue weighted by Crippen LogP contribution is -2.38. The molecule has 1 fully saturated rings. The molecule has 1 saturated carbocycles. The molecule has 3 aromatic rings. The van der Waals surface area contributed by atoms with Gasteiger partial charge in [-0.25, -0.2) is 0 Å². The van der Waals surface area contributed by atoms with E-state index in [4.69, 9.17) is 0 Å². The van der Waals surface area contributed by atoms with Gasteiger partial charge in [-0.05, 0) is 71.2 Å². The SMILES string of the molecule is CCN(CC)C(CNC(=O)c1cc2ccccc2cc1NC(=O)C1CC1)c1ccsc1. The molecule has 0 bridgehead atoms. The number of benzene rings is 2. The minimum absolute atomic E-state index is 0.00335. The Morgan fingerprint density at radius 3 is 2.42 bits per heavy atom. The molecule has 0 saturated heterocycles. The van der Waals surface area contributed by atoms with Gasteiger partial charge < -0.3 is 10.6 Å². The van der Waals surface area contributed by atoms with Gasteiger partial charge in [-0.2, -0.15) is 11.3 Å². The van der Waals surface area contributed by atoms with Gasteiger partial charge in [0, 0.05) is 12.5 Å². The van der Waals surface area contributed by atoms with Crippen molar-refractivity contribution >= 4 is 39.6 Å². The standard InChI is InChI=1S/C25H29N3O2S/c1-3-28(4-2)23(20-11-12-31-16-20)15-26-25(30)21-13-18-7-5-6-8-19(18)14-22(21)27-24(29)17-9-10-17/h5-8,11-14,16-17,23H,3-4,9-10,15H2,1-2H3,(H,26,30)(H,27,29). The summed E-state index contributed by atoms with van der Waals surface area (Å²) in [6, 6.07) is 13.9. The summed E-state index contributed by atoms with van der Waals surface area (Å²) in [6.45, 7) is 6.61. The molecule has 2 aromatic carbocycles. The molecule has 2 amide bonds. The van der Waals surface area contributed by atoms with E-state index in [1.54, 1.807) is 11.3 Å². The second kappa shape index (κ2) is 9.62. The minimum atomic E-state index is -0.163. The van der Waals surface area contributed by atoms with Gasteiger partial charge in [-0.15, -0.1) is 0 Å². The maximum absolute atomic E-state index is 13.3. The fourth-order valence-electron chi connectivity index (χ4n) is 3.98. The Hall–Kier alpha value is -2.70. The molecule has 1 aromatic heterocycles. The summed E-state index contributed by atoms with van der Waals surface area (Å²) in [5.41, 5.74) is 2.31. The van der Waals surface area contributed by atoms with Crippen LogP contribution in [0.2, 0.25) is 0 Å². The van der Waals surface area contributed by atoms with Crippen molar-refractivity contribution in [3.05, 3.63) is 64.4 Å². The number of amides is 2. The molecule has 1 aliphatic carbocycles. The first-order valence-corrected chi connectivity index (χ1v) is 11.9. The summed E-state index contributed by atoms with van der Waals surface area (Å²) in [6.07, 6.45) is 1.85. The van der Waals surface area contributed by atoms with Crippen molar-refractivity contribution in [2.45, 2.75) is 32.7 Å². The Morgan fingerprint density at radius 2 is 1.81 bits per heavy atom. The molecule has 0 radical (unpaired) electrons. The molecule has 2 N–H and O–H groups in total. The lowest BCUT2D eigenvalue weighted by Gasteiger charge is -2.29. The first-order valence-electron chi connectivity index (χ1n) is 11.0. The number of nitrogens with zero attached hydrogens (tertiary/aromatic N) is 1. The van der Waals surface area contributed by atoms with Crippen LogP contribution >= 0.6 is 11.3 Å². The number of carbonyl (C=O) groups is 2. The average molecular weight is 436 g/mol. The smallest absolute Gasteiger partial charge is 0.253 e. The van der Waals surface area contributed by atoms with Crippen LogP contribution < -0.4 is 10.6 Å². The largest absolute Gasteiger partial charge is 0.350 e. The predicted molar refractivity (Wildman–Crippen MR) is 128 cm³/mol. The third-order valence-electron chi connectivity index (χ3n) is 5.97. The number of hydrogen-bond acceptors (Lipinski definition) is 4. The van der Waals surface area contributed by atoms with Crippen LogP contribution in [0.15, 0.2) is 53.2 Å². The normalized spacial score (nSPS) is 14.5. The van der Waals surface area contributed by atoms with Crippen LogP contribution in [0.4, 0.5) is 5.69 Å². The Morgan fingerprint density at radius 1 is 1.10 bits per heavy atom. The van der Waals surface area contributed by atoms with Gasteiger partial charge in [-0.1, -0.05) is 38.1 Å². The van der Waals surface area contributed by atoms with Crippen LogP contribution in [0.25, 0.3) is 10.8 Å². The number of likely N-dealkylation sites (N-methyl/N-ethyl adjacent to an activating group) is 1. The molecule has 162 valence electrons. The lowest BCUT2D eigenvalue weighted by atomic mass is 10.0. The molecule has 5 nitrogen and oxygen atoms in total. The Bertz CT molecular complexity index is 1060. The molecule has 0 aliphatic heterocycles. The van der Waals surface area contributed by atoms with E-state index in [-0.39, 0.29) is 23.8 Å². The Kier molecular flexibility index (Phi) is 6.68. The molecule has 1 heterocycles. The van der Waals surface area contributed by atoms with Crippen LogP contribution in [0.1, 0.15) is 48.7 Å². The molecule has 6 heteroatoms. The first-order chi connectivity index (χ1) is 15.1. The maximum Gasteiger partial charge on any atom is 0.253 e. The Balaban J connectivity index is 1.58. The highest BCUT2D eigenvalue weighted by Gasteiger charge is 2.30. The van der Waals surface area contributed by atoms with Gasteiger partial charge in [0.05, 0.1) is 17.3 Å². The van der Waals surface area contributed by atoms with E-state index in [0.29, 0.717) is 17.8 Å². The highest BCUT2D eigenvalue weighted by atomic mass is 32.1. The Labute approximate surface area is 187 Å². The zero-order chi connectivity index (χ0) is 21.8. The number of anilines is 1. The van der Waals surface area contributed by atoms with Crippen LogP contribution in [0.5, 0.6) is 0 Å². The van der Waals surface area contributed by atoms with Gasteiger partial charge in [0.25, 0.3) is 5.91 Å². The molecular weight excluding hydrogens is 406 g/mol. The van der Waals surface area contributed by atoms with Crippen LogP contribution in [-0.2, 0) is 4.79 Å². The van der Waals surface area contributed by atoms with Crippen molar-refractivity contribution in [3.63, 3.8) is 0 Å². The third kappa shape index (κ3) is 4.97. The summed E-state index contributed by atoms with van der Waals surface area (Å²) < 4.78 is 0. The van der Waals surface area contributed by atoms with Crippen molar-refractivity contribution in [1.82, 2.24) is 10.2 Å². The topological polar surface area (TPSA) is 61.4 Å². The van der Waals surface area contributed by atoms with Crippen molar-refractivity contribution in [3.8, 4) is 0 Å². The van der Waals surface area contributed by atoms with E-state index in [9.17, 15) is 9.59 Å². The number of rotatable bonds is 9. The predicted octanol–water partition coefficient (Wildman–Crippen LogP) is 5.06. The maximum atomic E-state index is 13.3. The molecule has 1 aliphatic rings. The van der Waals surface area contributed by atoms with E-state index in [2.05, 4.69) is 46.2 Å². The van der Waals surface area contributed by atoms with E-state index in [0.717, 1.165) is 36.7 Å². The average Bonchev–Trinajstić information content (AvgIpc) is 3.51. The monoisotopic (exact) mass is 435 g/mol. The number of nitrogens with one attached hydrogen (secondary N) is 2. The zero-order valence-corrected chi connectivity index (χ0v) is 18.9. The molecule has 1 unspecified atom stereocenters. The lowest BCUT2D eigenvalue weighted by molar-refractivity contribution is -0.117. The highest BCUT2D eigenvalue weighted by Crippen LogP contribution is 2.32. The van der Waals surface area contributed by atoms with E-state index >= 15 is 0 Å². The minimum Gasteiger partial charge on any atom is -0.350 e. The molecule has 31 heavy (non-hydrogen) atoms. The second-order valence-electron chi connectivity index (χ2n) is 8.01. The van der Waals surface area contributed by atoms with Crippen molar-refractivity contribution < 1.29 is 9.59 Å². The van der Waals surface area contributed by atoms with E-state index in [1.165, 1.54) is 5.56 Å². The van der Waals surface area contributed by atoms with E-state index in [1.807, 2.05) is 36.4 Å². The van der Waals surface area contributed by atoms with Gasteiger partial charge in [0.1, 0.15) is 0 Å². The van der Waals surface area contributed by atoms with Crippen molar-refractivity contribution in [2.75, 3.05) is 25.0 Å². The summed E-state index contributed by atoms with van der Waals surface area (Å²) in [7, 11) is 0. The second-order valence-corrected chi connectivity index (χ2v) is 8.79. The van der Waals surface area contributed by atoms with Crippen molar-refractivity contribution in [2.24, 2.45) is 5.92 Å². The third-order valence-corrected chi connectivity index (χ3v) is 6.68. The molecule has 4 rings (SSSR count). The number of carbonyl (C=O) groups excluding carboxylic acids is 2. The molecule has 0 spiro atoms. The van der Waals surface area contributed by atoms with Crippen LogP contribution in [0.3, 0.4) is 0 Å². The summed E-state index contributed by atoms with van der Waals surface area (Å²) in [4.78, 5) is 28.0. The number of thiophene rings is 1. The zero-order valence-electron chi connectivity index (χ0n) is 18.1. The highest BCUT2D eigenvalue weighted by molar-refractivity contribution is 7.08. The van der Waals surface area contributed by atoms with E-state index < -0.39 is 0 Å². The van der Waals surface area contributed by atoms with Gasteiger partial charge in [-0.3, -0.25) is 14.5 Å². The molecular formula is C25H29N3O2S. The first kappa shape index (κ1) is 21.5. The van der Waals surface area contributed by atoms with Crippen LogP contribution in [-0.4, -0.2) is 36.3 Å². The summed E-state index contributed by atoms with van der Waals surface area (Å²) in [5.74, 6) is -0.0825. The summed E-state index contributed by atoms with van der Waals surface area (Å²) in [5, 5.41) is 12.3. The number of hydrogen-bond donors (Lipinski definition) is 2. The van der Waals surface area contributed by atoms with Gasteiger partial charge in [0.15, 0.2) is 0 Å². The van der Waals surface area contributed by atoms with Gasteiger partial charge >= 0.3 is 0 Å². The summed E-state index contributed by atoms with van der Waals surface area (Å²) >= 11 is 1.67. The fraction of sp³-hybridized carbons (Fsp3) is 0.360. The van der Waals surface area contributed by atoms with Crippen LogP contribution in [0, 0.1) is 5.92 Å². The quantitative estimate of drug-likeness (QED) is 0.494.